The number of aryl methyl sites for hydroxylation is 2. The van der Waals surface area contributed by atoms with E-state index in [0.717, 1.165) is 11.3 Å². The van der Waals surface area contributed by atoms with Gasteiger partial charge in [-0.05, 0) is 20.0 Å². The van der Waals surface area contributed by atoms with Gasteiger partial charge in [-0.3, -0.25) is 0 Å². The first-order chi connectivity index (χ1) is 5.11. The van der Waals surface area contributed by atoms with E-state index in [9.17, 15) is 4.79 Å². The summed E-state index contributed by atoms with van der Waals surface area (Å²) in [6.07, 6.45) is 1.60. The minimum Gasteiger partial charge on any atom is -0.316 e. The molecular formula is C9H10NOY-. The molecule has 12 heavy (non-hydrogen) atoms. The number of ketones is 1. The summed E-state index contributed by atoms with van der Waals surface area (Å²) in [4.78, 5) is 14.9. The Morgan fingerprint density at radius 3 is 2.50 bits per heavy atom. The van der Waals surface area contributed by atoms with Crippen LogP contribution in [0.25, 0.3) is 0 Å². The first kappa shape index (κ1) is 11.9. The molecule has 0 aromatic carbocycles. The van der Waals surface area contributed by atoms with E-state index in [4.69, 9.17) is 0 Å². The molecule has 0 unspecified atom stereocenters. The van der Waals surface area contributed by atoms with Crippen molar-refractivity contribution < 1.29 is 37.5 Å². The van der Waals surface area contributed by atoms with Crippen LogP contribution in [0.1, 0.15) is 28.5 Å². The summed E-state index contributed by atoms with van der Waals surface area (Å²) in [7, 11) is 0. The predicted molar refractivity (Wildman–Crippen MR) is 42.6 cm³/mol. The van der Waals surface area contributed by atoms with Crippen LogP contribution < -0.4 is 0 Å². The summed E-state index contributed by atoms with van der Waals surface area (Å²) in [6.45, 7) is 5.26. The Kier molecular flexibility index (Phi) is 4.80. The van der Waals surface area contributed by atoms with Crippen molar-refractivity contribution >= 4 is 5.78 Å². The van der Waals surface area contributed by atoms with E-state index < -0.39 is 0 Å². The van der Waals surface area contributed by atoms with Gasteiger partial charge in [0.2, 0.25) is 0 Å². The van der Waals surface area contributed by atoms with Crippen LogP contribution in [-0.2, 0) is 32.7 Å². The zero-order valence-electron chi connectivity index (χ0n) is 7.51. The monoisotopic (exact) mass is 237 g/mol. The molecule has 61 valence electrons. The molecule has 0 N–H and O–H groups in total. The van der Waals surface area contributed by atoms with E-state index in [1.54, 1.807) is 6.20 Å². The van der Waals surface area contributed by atoms with Gasteiger partial charge in [-0.25, -0.2) is 11.6 Å². The molecule has 1 rings (SSSR count). The number of Topliss-reactive ketones (excluding diaryl/α,β-unsaturated/α-hetero) is 1. The van der Waals surface area contributed by atoms with Crippen molar-refractivity contribution in [3.05, 3.63) is 29.1 Å². The van der Waals surface area contributed by atoms with Crippen molar-refractivity contribution in [1.29, 1.82) is 0 Å². The van der Waals surface area contributed by atoms with E-state index in [2.05, 4.69) is 11.1 Å². The standard InChI is InChI=1S/C9H10NO.Y/c1-6-4-7(2)10-5-9(6)8(3)11;/h5H,1-3H3;/q-1;. The molecule has 0 fully saturated rings. The van der Waals surface area contributed by atoms with Crippen molar-refractivity contribution in [1.82, 2.24) is 4.98 Å². The minimum absolute atomic E-state index is 0. The molecular weight excluding hydrogens is 227 g/mol. The van der Waals surface area contributed by atoms with E-state index in [0.29, 0.717) is 5.56 Å². The summed E-state index contributed by atoms with van der Waals surface area (Å²) in [5.41, 5.74) is 2.37. The Balaban J connectivity index is 0.00000121. The summed E-state index contributed by atoms with van der Waals surface area (Å²) >= 11 is 0. The molecule has 0 aliphatic carbocycles. The van der Waals surface area contributed by atoms with Crippen LogP contribution in [0.3, 0.4) is 0 Å². The van der Waals surface area contributed by atoms with Crippen LogP contribution in [0.2, 0.25) is 0 Å². The van der Waals surface area contributed by atoms with Crippen molar-refractivity contribution in [3.8, 4) is 0 Å². The Labute approximate surface area is 97.7 Å². The summed E-state index contributed by atoms with van der Waals surface area (Å²) in [5.74, 6) is 0.0475. The average molecular weight is 237 g/mol. The van der Waals surface area contributed by atoms with E-state index in [1.807, 2.05) is 13.8 Å². The summed E-state index contributed by atoms with van der Waals surface area (Å²) < 4.78 is 0. The fraction of sp³-hybridized carbons (Fsp3) is 0.333. The average Bonchev–Trinajstić information content (AvgIpc) is 1.85. The Hall–Kier alpha value is -0.0761. The molecule has 1 aromatic heterocycles. The van der Waals surface area contributed by atoms with Crippen LogP contribution in [0, 0.1) is 19.9 Å². The number of pyridine rings is 1. The van der Waals surface area contributed by atoms with E-state index in [1.165, 1.54) is 6.92 Å². The van der Waals surface area contributed by atoms with Gasteiger partial charge in [-0.1, -0.05) is 12.6 Å². The van der Waals surface area contributed by atoms with Crippen LogP contribution in [0.15, 0.2) is 6.20 Å². The third-order valence-electron chi connectivity index (χ3n) is 1.54. The number of rotatable bonds is 1. The maximum Gasteiger partial charge on any atom is 0.0816 e. The molecule has 0 aliphatic rings. The minimum atomic E-state index is 0. The molecule has 0 amide bonds. The quantitative estimate of drug-likeness (QED) is 0.549. The third kappa shape index (κ3) is 2.76. The fourth-order valence-corrected chi connectivity index (χ4v) is 0.984. The van der Waals surface area contributed by atoms with Gasteiger partial charge in [-0.2, -0.15) is 0 Å². The Morgan fingerprint density at radius 1 is 1.50 bits per heavy atom. The second-order valence-corrected chi connectivity index (χ2v) is 2.56. The van der Waals surface area contributed by atoms with E-state index >= 15 is 0 Å². The molecule has 3 heteroatoms. The predicted octanol–water partition coefficient (Wildman–Crippen LogP) is 1.70. The molecule has 0 atom stereocenters. The van der Waals surface area contributed by atoms with Crippen LogP contribution >= 0.6 is 0 Å². The van der Waals surface area contributed by atoms with Gasteiger partial charge in [-0.15, -0.1) is 5.56 Å². The van der Waals surface area contributed by atoms with Gasteiger partial charge >= 0.3 is 0 Å². The van der Waals surface area contributed by atoms with Crippen molar-refractivity contribution in [2.75, 3.05) is 0 Å². The van der Waals surface area contributed by atoms with Crippen molar-refractivity contribution in [2.45, 2.75) is 20.8 Å². The van der Waals surface area contributed by atoms with E-state index in [-0.39, 0.29) is 38.5 Å². The second-order valence-electron chi connectivity index (χ2n) is 2.56. The summed E-state index contributed by atoms with van der Waals surface area (Å²) in [6, 6.07) is 2.99. The fourth-order valence-electron chi connectivity index (χ4n) is 0.984. The molecule has 1 radical (unpaired) electrons. The zero-order valence-corrected chi connectivity index (χ0v) is 10.3. The Morgan fingerprint density at radius 2 is 2.08 bits per heavy atom. The van der Waals surface area contributed by atoms with Crippen LogP contribution in [0.4, 0.5) is 0 Å². The number of hydrogen-bond donors (Lipinski definition) is 0. The SMILES string of the molecule is CC(=O)c1cnc(C)[c-]c1C.[Y]. The van der Waals surface area contributed by atoms with Gasteiger partial charge < -0.3 is 9.78 Å². The first-order valence-corrected chi connectivity index (χ1v) is 3.47. The molecule has 0 aliphatic heterocycles. The normalized spacial score (nSPS) is 8.92. The van der Waals surface area contributed by atoms with Crippen LogP contribution in [0.5, 0.6) is 0 Å². The molecule has 1 heterocycles. The first-order valence-electron chi connectivity index (χ1n) is 3.47. The van der Waals surface area contributed by atoms with Gasteiger partial charge in [0.25, 0.3) is 0 Å². The topological polar surface area (TPSA) is 30.0 Å². The van der Waals surface area contributed by atoms with Crippen molar-refractivity contribution in [3.63, 3.8) is 0 Å². The molecule has 2 nitrogen and oxygen atoms in total. The zero-order chi connectivity index (χ0) is 8.43. The van der Waals surface area contributed by atoms with Gasteiger partial charge in [0, 0.05) is 32.7 Å². The largest absolute Gasteiger partial charge is 0.316 e. The van der Waals surface area contributed by atoms with Crippen molar-refractivity contribution in [2.24, 2.45) is 0 Å². The summed E-state index contributed by atoms with van der Waals surface area (Å²) in [5, 5.41) is 0. The number of carbonyl (C=O) groups is 1. The second kappa shape index (κ2) is 4.83. The molecule has 1 aromatic rings. The third-order valence-corrected chi connectivity index (χ3v) is 1.54. The molecule has 0 saturated carbocycles. The molecule has 0 bridgehead atoms. The molecule has 0 spiro atoms. The van der Waals surface area contributed by atoms with Crippen LogP contribution in [-0.4, -0.2) is 10.8 Å². The number of aromatic nitrogens is 1. The Bertz CT molecular complexity index is 297. The maximum atomic E-state index is 10.9. The number of hydrogen-bond acceptors (Lipinski definition) is 2. The molecule has 0 saturated heterocycles. The number of nitrogens with zero attached hydrogens (tertiary/aromatic N) is 1. The van der Waals surface area contributed by atoms with Gasteiger partial charge in [0.05, 0.1) is 5.78 Å². The smallest absolute Gasteiger partial charge is 0.0816 e. The van der Waals surface area contributed by atoms with Gasteiger partial charge in [0.15, 0.2) is 0 Å². The maximum absolute atomic E-state index is 10.9. The van der Waals surface area contributed by atoms with Gasteiger partial charge in [0.1, 0.15) is 0 Å². The number of carbonyl (C=O) groups excluding carboxylic acids is 1.